The fraction of sp³-hybridized carbons (Fsp3) is 0.118. The molecule has 2 aromatic heterocycles. The van der Waals surface area contributed by atoms with Gasteiger partial charge in [-0.05, 0) is 30.7 Å². The average Bonchev–Trinajstić information content (AvgIpc) is 3.12. The number of benzene rings is 1. The first-order valence-electron chi connectivity index (χ1n) is 7.63. The molecule has 3 rings (SSSR count). The summed E-state index contributed by atoms with van der Waals surface area (Å²) in [5.41, 5.74) is 11.2. The number of hydrazone groups is 1. The fourth-order valence-electron chi connectivity index (χ4n) is 2.52. The highest BCUT2D eigenvalue weighted by Crippen LogP contribution is 2.27. The molecule has 0 aliphatic carbocycles. The quantitative estimate of drug-likeness (QED) is 0.282. The summed E-state index contributed by atoms with van der Waals surface area (Å²) in [5.74, 6) is 5.43. The molecule has 5 N–H and O–H groups in total. The van der Waals surface area contributed by atoms with Crippen LogP contribution in [0.2, 0.25) is 5.02 Å². The van der Waals surface area contributed by atoms with Gasteiger partial charge in [0.15, 0.2) is 5.84 Å². The van der Waals surface area contributed by atoms with E-state index in [1.54, 1.807) is 18.6 Å². The molecule has 25 heavy (non-hydrogen) atoms. The predicted molar refractivity (Wildman–Crippen MR) is 98.8 cm³/mol. The van der Waals surface area contributed by atoms with Crippen LogP contribution < -0.4 is 17.1 Å². The molecular formula is C17H18ClN7. The Morgan fingerprint density at radius 2 is 2.04 bits per heavy atom. The van der Waals surface area contributed by atoms with Gasteiger partial charge in [-0.3, -0.25) is 4.98 Å². The summed E-state index contributed by atoms with van der Waals surface area (Å²) in [7, 11) is 0. The van der Waals surface area contributed by atoms with Gasteiger partial charge in [0.25, 0.3) is 0 Å². The van der Waals surface area contributed by atoms with E-state index in [-0.39, 0.29) is 11.9 Å². The summed E-state index contributed by atoms with van der Waals surface area (Å²) in [6, 6.07) is 11.4. The molecule has 0 saturated carbocycles. The zero-order chi connectivity index (χ0) is 17.8. The van der Waals surface area contributed by atoms with Gasteiger partial charge < -0.3 is 10.3 Å². The van der Waals surface area contributed by atoms with Crippen LogP contribution in [0.3, 0.4) is 0 Å². The lowest BCUT2D eigenvalue weighted by atomic mass is 10.1. The predicted octanol–water partition coefficient (Wildman–Crippen LogP) is 2.29. The number of hydrazine groups is 1. The Morgan fingerprint density at radius 3 is 2.80 bits per heavy atom. The van der Waals surface area contributed by atoms with E-state index >= 15 is 0 Å². The van der Waals surface area contributed by atoms with Crippen molar-refractivity contribution in [2.24, 2.45) is 16.7 Å². The Morgan fingerprint density at radius 1 is 1.24 bits per heavy atom. The number of hydrogen-bond donors (Lipinski definition) is 3. The highest BCUT2D eigenvalue weighted by Gasteiger charge is 2.13. The van der Waals surface area contributed by atoms with Crippen molar-refractivity contribution >= 4 is 17.4 Å². The maximum Gasteiger partial charge on any atom is 0.152 e. The Balaban J connectivity index is 1.91. The molecule has 0 aliphatic heterocycles. The molecule has 0 fully saturated rings. The van der Waals surface area contributed by atoms with Crippen molar-refractivity contribution < 1.29 is 0 Å². The van der Waals surface area contributed by atoms with Gasteiger partial charge in [0.05, 0.1) is 18.1 Å². The normalized spacial score (nSPS) is 12.8. The van der Waals surface area contributed by atoms with E-state index in [0.29, 0.717) is 11.3 Å². The molecule has 0 spiro atoms. The fourth-order valence-corrected chi connectivity index (χ4v) is 2.81. The van der Waals surface area contributed by atoms with Crippen molar-refractivity contribution in [2.75, 3.05) is 0 Å². The molecule has 1 atom stereocenters. The average molecular weight is 356 g/mol. The number of halogens is 1. The highest BCUT2D eigenvalue weighted by atomic mass is 35.5. The van der Waals surface area contributed by atoms with E-state index in [9.17, 15) is 0 Å². The zero-order valence-corrected chi connectivity index (χ0v) is 14.4. The molecule has 1 aromatic carbocycles. The van der Waals surface area contributed by atoms with Crippen molar-refractivity contribution in [2.45, 2.75) is 13.0 Å². The first kappa shape index (κ1) is 16.9. The Labute approximate surface area is 150 Å². The van der Waals surface area contributed by atoms with Crippen LogP contribution in [-0.2, 0) is 0 Å². The van der Waals surface area contributed by atoms with Crippen molar-refractivity contribution in [3.05, 3.63) is 71.3 Å². The minimum atomic E-state index is 0.0474. The SMILES string of the molecule is CC(c1ccccc1Cl)n1cnc(-c2cc(/C(N)=N/NN)ccn2)c1. The van der Waals surface area contributed by atoms with Crippen molar-refractivity contribution in [1.82, 2.24) is 20.1 Å². The number of imidazole rings is 1. The van der Waals surface area contributed by atoms with Gasteiger partial charge in [0.1, 0.15) is 5.69 Å². The molecule has 0 bridgehead atoms. The molecule has 0 amide bonds. The van der Waals surface area contributed by atoms with Crippen LogP contribution in [0.1, 0.15) is 24.1 Å². The molecule has 1 unspecified atom stereocenters. The number of nitrogens with zero attached hydrogens (tertiary/aromatic N) is 4. The largest absolute Gasteiger partial charge is 0.382 e. The van der Waals surface area contributed by atoms with E-state index in [4.69, 9.17) is 23.2 Å². The smallest absolute Gasteiger partial charge is 0.152 e. The molecule has 3 aromatic rings. The van der Waals surface area contributed by atoms with Crippen molar-refractivity contribution in [3.63, 3.8) is 0 Å². The van der Waals surface area contributed by atoms with E-state index in [0.717, 1.165) is 16.3 Å². The monoisotopic (exact) mass is 355 g/mol. The van der Waals surface area contributed by atoms with Crippen molar-refractivity contribution in [1.29, 1.82) is 0 Å². The lowest BCUT2D eigenvalue weighted by molar-refractivity contribution is 0.639. The van der Waals surface area contributed by atoms with Crippen LogP contribution in [0.4, 0.5) is 0 Å². The third kappa shape index (κ3) is 3.62. The molecule has 7 nitrogen and oxygen atoms in total. The van der Waals surface area contributed by atoms with Gasteiger partial charge in [0.2, 0.25) is 0 Å². The number of pyridine rings is 1. The van der Waals surface area contributed by atoms with E-state index in [1.165, 1.54) is 0 Å². The second-order valence-electron chi connectivity index (χ2n) is 5.46. The summed E-state index contributed by atoms with van der Waals surface area (Å²) in [6.07, 6.45) is 5.34. The van der Waals surface area contributed by atoms with Gasteiger partial charge >= 0.3 is 0 Å². The summed E-state index contributed by atoms with van der Waals surface area (Å²) in [4.78, 5) is 8.80. The highest BCUT2D eigenvalue weighted by molar-refractivity contribution is 6.31. The third-order valence-corrected chi connectivity index (χ3v) is 4.25. The van der Waals surface area contributed by atoms with Gasteiger partial charge in [-0.2, -0.15) is 0 Å². The second kappa shape index (κ2) is 7.33. The standard InChI is InChI=1S/C17H18ClN7/c1-11(13-4-2-3-5-14(13)18)25-9-16(22-10-25)15-8-12(6-7-21-15)17(19)23-24-20/h2-11,24H,20H2,1H3,(H2,19,23). The van der Waals surface area contributed by atoms with Crippen LogP contribution in [-0.4, -0.2) is 20.4 Å². The number of amidine groups is 1. The minimum absolute atomic E-state index is 0.0474. The van der Waals surface area contributed by atoms with Gasteiger partial charge in [0, 0.05) is 23.0 Å². The number of rotatable bonds is 5. The molecule has 0 aliphatic rings. The van der Waals surface area contributed by atoms with Gasteiger partial charge in [-0.15, -0.1) is 5.10 Å². The number of aromatic nitrogens is 3. The zero-order valence-electron chi connectivity index (χ0n) is 13.6. The van der Waals surface area contributed by atoms with Gasteiger partial charge in [-0.25, -0.2) is 16.4 Å². The molecule has 0 radical (unpaired) electrons. The second-order valence-corrected chi connectivity index (χ2v) is 5.87. The van der Waals surface area contributed by atoms with Crippen LogP contribution in [0, 0.1) is 0 Å². The van der Waals surface area contributed by atoms with Crippen LogP contribution in [0.5, 0.6) is 0 Å². The van der Waals surface area contributed by atoms with E-state index in [1.807, 2.05) is 41.1 Å². The molecule has 8 heteroatoms. The number of nitrogens with two attached hydrogens (primary N) is 2. The van der Waals surface area contributed by atoms with Crippen molar-refractivity contribution in [3.8, 4) is 11.4 Å². The van der Waals surface area contributed by atoms with Crippen LogP contribution in [0.25, 0.3) is 11.4 Å². The summed E-state index contributed by atoms with van der Waals surface area (Å²) >= 11 is 6.29. The Kier molecular flexibility index (Phi) is 4.97. The third-order valence-electron chi connectivity index (χ3n) is 3.91. The van der Waals surface area contributed by atoms with Crippen LogP contribution >= 0.6 is 11.6 Å². The number of hydrogen-bond acceptors (Lipinski definition) is 5. The Hall–Kier alpha value is -2.90. The molecule has 128 valence electrons. The Bertz CT molecular complexity index is 903. The molecule has 0 saturated heterocycles. The topological polar surface area (TPSA) is 107 Å². The van der Waals surface area contributed by atoms with Gasteiger partial charge in [-0.1, -0.05) is 29.8 Å². The molecule has 2 heterocycles. The van der Waals surface area contributed by atoms with E-state index < -0.39 is 0 Å². The molecular weight excluding hydrogens is 338 g/mol. The summed E-state index contributed by atoms with van der Waals surface area (Å²) < 4.78 is 1.99. The van der Waals surface area contributed by atoms with Crippen LogP contribution in [0.15, 0.2) is 60.2 Å². The summed E-state index contributed by atoms with van der Waals surface area (Å²) in [6.45, 7) is 2.06. The first-order chi connectivity index (χ1) is 12.1. The summed E-state index contributed by atoms with van der Waals surface area (Å²) in [5, 5.41) is 4.49. The van der Waals surface area contributed by atoms with E-state index in [2.05, 4.69) is 27.5 Å². The number of nitrogens with one attached hydrogen (secondary N) is 1. The maximum atomic E-state index is 6.29. The maximum absolute atomic E-state index is 6.29. The lowest BCUT2D eigenvalue weighted by Crippen LogP contribution is -2.23. The minimum Gasteiger partial charge on any atom is -0.382 e. The first-order valence-corrected chi connectivity index (χ1v) is 8.01. The lowest BCUT2D eigenvalue weighted by Gasteiger charge is -2.14.